The second-order valence-corrected chi connectivity index (χ2v) is 14.1. The van der Waals surface area contributed by atoms with Crippen molar-refractivity contribution >= 4 is 25.1 Å². The SMILES string of the molecule is CC/C(C)=C(C)\N=C(\Cn1c(=O)c2[nH]cnc2n(COCC[Si](C)(C)C)c1=O)OC. The number of fused-ring (bicyclic) bond motifs is 1. The number of aliphatic imine (C=N–C) groups is 1. The van der Waals surface area contributed by atoms with Gasteiger partial charge in [-0.05, 0) is 26.3 Å². The van der Waals surface area contributed by atoms with Crippen LogP contribution in [0.1, 0.15) is 27.2 Å². The van der Waals surface area contributed by atoms with Crippen molar-refractivity contribution in [3.8, 4) is 0 Å². The van der Waals surface area contributed by atoms with Crippen LogP contribution in [-0.4, -0.2) is 46.8 Å². The first kappa shape index (κ1) is 23.8. The molecule has 0 aromatic carbocycles. The summed E-state index contributed by atoms with van der Waals surface area (Å²) in [6.07, 6.45) is 2.26. The van der Waals surface area contributed by atoms with Crippen LogP contribution in [0.3, 0.4) is 0 Å². The minimum Gasteiger partial charge on any atom is -0.483 e. The van der Waals surface area contributed by atoms with E-state index >= 15 is 0 Å². The van der Waals surface area contributed by atoms with E-state index in [2.05, 4.69) is 34.6 Å². The quantitative estimate of drug-likeness (QED) is 0.282. The van der Waals surface area contributed by atoms with Gasteiger partial charge in [-0.3, -0.25) is 9.36 Å². The third-order valence-electron chi connectivity index (χ3n) is 4.98. The number of aromatic amines is 1. The molecule has 30 heavy (non-hydrogen) atoms. The van der Waals surface area contributed by atoms with Gasteiger partial charge in [0, 0.05) is 20.4 Å². The number of nitrogens with zero attached hydrogens (tertiary/aromatic N) is 4. The van der Waals surface area contributed by atoms with Gasteiger partial charge in [-0.25, -0.2) is 19.3 Å². The lowest BCUT2D eigenvalue weighted by molar-refractivity contribution is 0.0855. The molecular formula is C20H33N5O4Si. The van der Waals surface area contributed by atoms with E-state index in [1.54, 1.807) is 0 Å². The Morgan fingerprint density at radius 1 is 1.23 bits per heavy atom. The number of hydrogen-bond acceptors (Lipinski definition) is 6. The zero-order chi connectivity index (χ0) is 22.5. The molecule has 0 bridgehead atoms. The number of imidazole rings is 1. The lowest BCUT2D eigenvalue weighted by Gasteiger charge is -2.16. The van der Waals surface area contributed by atoms with Gasteiger partial charge in [-0.2, -0.15) is 0 Å². The highest BCUT2D eigenvalue weighted by atomic mass is 28.3. The van der Waals surface area contributed by atoms with Gasteiger partial charge in [0.1, 0.15) is 18.8 Å². The Kier molecular flexibility index (Phi) is 7.96. The molecule has 0 radical (unpaired) electrons. The maximum absolute atomic E-state index is 13.1. The number of nitrogens with one attached hydrogen (secondary N) is 1. The Balaban J connectivity index is 2.42. The van der Waals surface area contributed by atoms with Crippen LogP contribution < -0.4 is 11.2 Å². The van der Waals surface area contributed by atoms with E-state index < -0.39 is 19.3 Å². The molecule has 2 aromatic heterocycles. The predicted octanol–water partition coefficient (Wildman–Crippen LogP) is 2.95. The summed E-state index contributed by atoms with van der Waals surface area (Å²) in [5.41, 5.74) is 1.46. The van der Waals surface area contributed by atoms with Crippen LogP contribution in [0, 0.1) is 0 Å². The maximum atomic E-state index is 13.1. The van der Waals surface area contributed by atoms with E-state index in [1.807, 2.05) is 20.8 Å². The molecular weight excluding hydrogens is 402 g/mol. The van der Waals surface area contributed by atoms with Crippen LogP contribution in [0.2, 0.25) is 25.7 Å². The molecule has 0 aliphatic rings. The highest BCUT2D eigenvalue weighted by Crippen LogP contribution is 2.10. The summed E-state index contributed by atoms with van der Waals surface area (Å²) >= 11 is 0. The first-order valence-electron chi connectivity index (χ1n) is 10.1. The molecule has 0 spiro atoms. The molecule has 166 valence electrons. The number of H-pyrrole nitrogens is 1. The van der Waals surface area contributed by atoms with Crippen molar-refractivity contribution in [1.29, 1.82) is 0 Å². The third-order valence-corrected chi connectivity index (χ3v) is 6.69. The highest BCUT2D eigenvalue weighted by Gasteiger charge is 2.18. The van der Waals surface area contributed by atoms with E-state index in [-0.39, 0.29) is 30.3 Å². The summed E-state index contributed by atoms with van der Waals surface area (Å²) in [5, 5.41) is 0. The van der Waals surface area contributed by atoms with Gasteiger partial charge in [0.05, 0.1) is 13.4 Å². The molecule has 2 rings (SSSR count). The highest BCUT2D eigenvalue weighted by molar-refractivity contribution is 6.76. The normalized spacial score (nSPS) is 13.6. The van der Waals surface area contributed by atoms with E-state index in [0.717, 1.165) is 28.3 Å². The maximum Gasteiger partial charge on any atom is 0.335 e. The first-order valence-corrected chi connectivity index (χ1v) is 13.8. The van der Waals surface area contributed by atoms with Crippen LogP contribution in [0.15, 0.2) is 32.2 Å². The number of allylic oxidation sites excluding steroid dienone is 2. The summed E-state index contributed by atoms with van der Waals surface area (Å²) < 4.78 is 13.6. The van der Waals surface area contributed by atoms with Gasteiger partial charge in [-0.1, -0.05) is 32.1 Å². The van der Waals surface area contributed by atoms with Crippen molar-refractivity contribution in [1.82, 2.24) is 19.1 Å². The average Bonchev–Trinajstić information content (AvgIpc) is 3.17. The fourth-order valence-corrected chi connectivity index (χ4v) is 3.47. The Morgan fingerprint density at radius 3 is 2.53 bits per heavy atom. The topological polar surface area (TPSA) is 104 Å². The smallest absolute Gasteiger partial charge is 0.335 e. The van der Waals surface area contributed by atoms with Crippen LogP contribution >= 0.6 is 0 Å². The fourth-order valence-electron chi connectivity index (χ4n) is 2.72. The number of ether oxygens (including phenoxy) is 2. The van der Waals surface area contributed by atoms with Crippen molar-refractivity contribution in [3.63, 3.8) is 0 Å². The first-order chi connectivity index (χ1) is 14.1. The Hall–Kier alpha value is -2.46. The van der Waals surface area contributed by atoms with Crippen LogP contribution in [-0.2, 0) is 22.7 Å². The minimum absolute atomic E-state index is 0.0261. The number of methoxy groups -OCH3 is 1. The summed E-state index contributed by atoms with van der Waals surface area (Å²) in [6.45, 7) is 13.2. The number of aromatic nitrogens is 4. The summed E-state index contributed by atoms with van der Waals surface area (Å²) in [5.74, 6) is 0.282. The largest absolute Gasteiger partial charge is 0.483 e. The lowest BCUT2D eigenvalue weighted by atomic mass is 10.2. The summed E-state index contributed by atoms with van der Waals surface area (Å²) in [6, 6.07) is 0.980. The van der Waals surface area contributed by atoms with E-state index in [0.29, 0.717) is 6.61 Å². The van der Waals surface area contributed by atoms with Crippen LogP contribution in [0.5, 0.6) is 0 Å². The zero-order valence-corrected chi connectivity index (χ0v) is 20.0. The molecule has 9 nitrogen and oxygen atoms in total. The molecule has 2 heterocycles. The molecule has 0 amide bonds. The van der Waals surface area contributed by atoms with Crippen molar-refractivity contribution in [2.75, 3.05) is 13.7 Å². The van der Waals surface area contributed by atoms with Gasteiger partial charge in [0.25, 0.3) is 5.56 Å². The van der Waals surface area contributed by atoms with E-state index in [4.69, 9.17) is 9.47 Å². The van der Waals surface area contributed by atoms with Gasteiger partial charge < -0.3 is 14.5 Å². The summed E-state index contributed by atoms with van der Waals surface area (Å²) in [7, 11) is 0.227. The monoisotopic (exact) mass is 435 g/mol. The molecule has 0 atom stereocenters. The zero-order valence-electron chi connectivity index (χ0n) is 19.0. The second-order valence-electron chi connectivity index (χ2n) is 8.48. The summed E-state index contributed by atoms with van der Waals surface area (Å²) in [4.78, 5) is 37.4. The molecule has 0 aliphatic carbocycles. The van der Waals surface area contributed by atoms with Gasteiger partial charge in [0.15, 0.2) is 5.65 Å². The minimum atomic E-state index is -1.25. The average molecular weight is 436 g/mol. The molecule has 0 saturated heterocycles. The molecule has 0 aliphatic heterocycles. The van der Waals surface area contributed by atoms with Crippen LogP contribution in [0.4, 0.5) is 0 Å². The number of hydrogen-bond donors (Lipinski definition) is 1. The second kappa shape index (κ2) is 10.0. The molecule has 0 fully saturated rings. The number of rotatable bonds is 9. The van der Waals surface area contributed by atoms with Gasteiger partial charge >= 0.3 is 5.69 Å². The van der Waals surface area contributed by atoms with Gasteiger partial charge in [-0.15, -0.1) is 0 Å². The Morgan fingerprint density at radius 2 is 1.93 bits per heavy atom. The van der Waals surface area contributed by atoms with E-state index in [1.165, 1.54) is 18.0 Å². The molecule has 10 heteroatoms. The Labute approximate surface area is 177 Å². The van der Waals surface area contributed by atoms with Crippen molar-refractivity contribution in [2.24, 2.45) is 4.99 Å². The van der Waals surface area contributed by atoms with Crippen molar-refractivity contribution in [3.05, 3.63) is 38.4 Å². The van der Waals surface area contributed by atoms with Crippen LogP contribution in [0.25, 0.3) is 11.2 Å². The standard InChI is InChI=1S/C20H33N5O4Si/c1-8-14(2)15(3)23-16(28-4)11-24-19(26)17-18(22-12-21-17)25(20(24)27)13-29-9-10-30(5,6)7/h12H,8-11,13H2,1-7H3,(H,21,22)/b15-14-,23-16-. The Bertz CT molecular complexity index is 1060. The van der Waals surface area contributed by atoms with Gasteiger partial charge in [0.2, 0.25) is 5.90 Å². The molecule has 0 unspecified atom stereocenters. The molecule has 2 aromatic rings. The molecule has 1 N–H and O–H groups in total. The lowest BCUT2D eigenvalue weighted by Crippen LogP contribution is -2.42. The fraction of sp³-hybridized carbons (Fsp3) is 0.600. The third kappa shape index (κ3) is 5.79. The van der Waals surface area contributed by atoms with Crippen molar-refractivity contribution < 1.29 is 9.47 Å². The van der Waals surface area contributed by atoms with Crippen molar-refractivity contribution in [2.45, 2.75) is 66.2 Å². The van der Waals surface area contributed by atoms with E-state index in [9.17, 15) is 9.59 Å². The molecule has 0 saturated carbocycles. The predicted molar refractivity (Wildman–Crippen MR) is 122 cm³/mol.